The van der Waals surface area contributed by atoms with Crippen molar-refractivity contribution in [3.63, 3.8) is 0 Å². The Labute approximate surface area is 142 Å². The number of fused-ring (bicyclic) bond motifs is 1. The van der Waals surface area contributed by atoms with Gasteiger partial charge in [-0.15, -0.1) is 0 Å². The van der Waals surface area contributed by atoms with E-state index in [2.05, 4.69) is 4.98 Å². The number of hydrogen-bond donors (Lipinski definition) is 0. The standard InChI is InChI=1S/C18H20N2O3S/c1-3-13-23-16-9-10-17(15-8-6-5-7-14(15)16)24(21,22)20-12-11-19-18(20)4-2/h5-12H,3-4,13H2,1-2H3. The highest BCUT2D eigenvalue weighted by Gasteiger charge is 2.23. The van der Waals surface area contributed by atoms with Gasteiger partial charge in [-0.3, -0.25) is 0 Å². The van der Waals surface area contributed by atoms with E-state index in [1.165, 1.54) is 16.4 Å². The molecule has 0 saturated carbocycles. The number of aromatic nitrogens is 2. The second-order valence-electron chi connectivity index (χ2n) is 5.45. The second-order valence-corrected chi connectivity index (χ2v) is 7.24. The minimum atomic E-state index is -3.70. The van der Waals surface area contributed by atoms with Gasteiger partial charge in [-0.05, 0) is 18.6 Å². The van der Waals surface area contributed by atoms with Crippen LogP contribution in [0, 0.1) is 0 Å². The highest BCUT2D eigenvalue weighted by molar-refractivity contribution is 7.90. The summed E-state index contributed by atoms with van der Waals surface area (Å²) in [6.07, 6.45) is 4.44. The van der Waals surface area contributed by atoms with Gasteiger partial charge in [0.2, 0.25) is 0 Å². The van der Waals surface area contributed by atoms with Gasteiger partial charge in [-0.25, -0.2) is 17.4 Å². The fourth-order valence-corrected chi connectivity index (χ4v) is 4.28. The first kappa shape index (κ1) is 16.5. The molecule has 0 bridgehead atoms. The van der Waals surface area contributed by atoms with Gasteiger partial charge in [0, 0.05) is 29.6 Å². The molecule has 1 aromatic heterocycles. The van der Waals surface area contributed by atoms with E-state index >= 15 is 0 Å². The third-order valence-corrected chi connectivity index (χ3v) is 5.60. The van der Waals surface area contributed by atoms with Gasteiger partial charge in [0.05, 0.1) is 11.5 Å². The maximum absolute atomic E-state index is 13.1. The number of nitrogens with zero attached hydrogens (tertiary/aromatic N) is 2. The molecule has 0 amide bonds. The van der Waals surface area contributed by atoms with Gasteiger partial charge < -0.3 is 4.74 Å². The largest absolute Gasteiger partial charge is 0.493 e. The summed E-state index contributed by atoms with van der Waals surface area (Å²) < 4.78 is 33.2. The monoisotopic (exact) mass is 344 g/mol. The van der Waals surface area contributed by atoms with Gasteiger partial charge >= 0.3 is 0 Å². The average molecular weight is 344 g/mol. The Morgan fingerprint density at radius 1 is 1.08 bits per heavy atom. The Balaban J connectivity index is 2.20. The molecule has 0 spiro atoms. The van der Waals surface area contributed by atoms with E-state index in [-0.39, 0.29) is 4.90 Å². The molecule has 3 rings (SSSR count). The molecule has 2 aromatic carbocycles. The molecule has 0 radical (unpaired) electrons. The smallest absolute Gasteiger partial charge is 0.269 e. The maximum Gasteiger partial charge on any atom is 0.269 e. The van der Waals surface area contributed by atoms with Gasteiger partial charge in [0.25, 0.3) is 10.0 Å². The number of hydrogen-bond acceptors (Lipinski definition) is 4. The fourth-order valence-electron chi connectivity index (χ4n) is 2.70. The van der Waals surface area contributed by atoms with E-state index in [9.17, 15) is 8.42 Å². The lowest BCUT2D eigenvalue weighted by atomic mass is 10.1. The molecule has 0 atom stereocenters. The van der Waals surface area contributed by atoms with Crippen molar-refractivity contribution in [2.45, 2.75) is 31.6 Å². The Bertz CT molecular complexity index is 961. The predicted molar refractivity (Wildman–Crippen MR) is 93.9 cm³/mol. The molecule has 0 fully saturated rings. The van der Waals surface area contributed by atoms with Crippen molar-refractivity contribution in [2.24, 2.45) is 0 Å². The van der Waals surface area contributed by atoms with E-state index in [0.29, 0.717) is 30.0 Å². The van der Waals surface area contributed by atoms with Gasteiger partial charge in [-0.1, -0.05) is 38.1 Å². The minimum Gasteiger partial charge on any atom is -0.493 e. The van der Waals surface area contributed by atoms with Crippen LogP contribution in [0.25, 0.3) is 10.8 Å². The van der Waals surface area contributed by atoms with Gasteiger partial charge in [-0.2, -0.15) is 0 Å². The van der Waals surface area contributed by atoms with Crippen LogP contribution in [0.1, 0.15) is 26.1 Å². The molecule has 0 aliphatic carbocycles. The summed E-state index contributed by atoms with van der Waals surface area (Å²) >= 11 is 0. The van der Waals surface area contributed by atoms with Gasteiger partial charge in [0.1, 0.15) is 11.6 Å². The first-order chi connectivity index (χ1) is 11.6. The Hall–Kier alpha value is -2.34. The van der Waals surface area contributed by atoms with Crippen molar-refractivity contribution in [1.82, 2.24) is 8.96 Å². The lowest BCUT2D eigenvalue weighted by Crippen LogP contribution is -2.15. The molecule has 24 heavy (non-hydrogen) atoms. The molecule has 6 heteroatoms. The maximum atomic E-state index is 13.1. The van der Waals surface area contributed by atoms with Crippen molar-refractivity contribution in [3.8, 4) is 5.75 Å². The zero-order valence-corrected chi connectivity index (χ0v) is 14.6. The minimum absolute atomic E-state index is 0.259. The van der Waals surface area contributed by atoms with Crippen molar-refractivity contribution in [1.29, 1.82) is 0 Å². The molecule has 5 nitrogen and oxygen atoms in total. The van der Waals surface area contributed by atoms with E-state index in [1.54, 1.807) is 12.1 Å². The summed E-state index contributed by atoms with van der Waals surface area (Å²) in [7, 11) is -3.70. The highest BCUT2D eigenvalue weighted by Crippen LogP contribution is 2.32. The number of ether oxygens (including phenoxy) is 1. The van der Waals surface area contributed by atoms with Crippen LogP contribution in [0.4, 0.5) is 0 Å². The Kier molecular flexibility index (Phi) is 4.57. The number of rotatable bonds is 6. The third-order valence-electron chi connectivity index (χ3n) is 3.84. The molecule has 0 N–H and O–H groups in total. The quantitative estimate of drug-likeness (QED) is 0.685. The first-order valence-corrected chi connectivity index (χ1v) is 9.46. The van der Waals surface area contributed by atoms with Crippen molar-refractivity contribution in [2.75, 3.05) is 6.61 Å². The SMILES string of the molecule is CCCOc1ccc(S(=O)(=O)n2ccnc2CC)c2ccccc12. The summed E-state index contributed by atoms with van der Waals surface area (Å²) in [5.41, 5.74) is 0. The third kappa shape index (κ3) is 2.78. The van der Waals surface area contributed by atoms with Crippen LogP contribution in [0.15, 0.2) is 53.7 Å². The summed E-state index contributed by atoms with van der Waals surface area (Å²) in [5.74, 6) is 1.22. The lowest BCUT2D eigenvalue weighted by Gasteiger charge is -2.14. The molecule has 0 aliphatic heterocycles. The molecular formula is C18H20N2O3S. The number of aryl methyl sites for hydroxylation is 1. The normalized spacial score (nSPS) is 11.8. The summed E-state index contributed by atoms with van der Waals surface area (Å²) in [6, 6.07) is 10.7. The Morgan fingerprint density at radius 2 is 1.83 bits per heavy atom. The van der Waals surface area contributed by atoms with Crippen LogP contribution < -0.4 is 4.74 Å². The highest BCUT2D eigenvalue weighted by atomic mass is 32.2. The summed E-state index contributed by atoms with van der Waals surface area (Å²) in [6.45, 7) is 4.51. The fraction of sp³-hybridized carbons (Fsp3) is 0.278. The summed E-state index contributed by atoms with van der Waals surface area (Å²) in [5, 5.41) is 1.45. The second kappa shape index (κ2) is 6.65. The van der Waals surface area contributed by atoms with Gasteiger partial charge in [0.15, 0.2) is 0 Å². The Morgan fingerprint density at radius 3 is 2.54 bits per heavy atom. The van der Waals surface area contributed by atoms with Crippen LogP contribution in [0.2, 0.25) is 0 Å². The first-order valence-electron chi connectivity index (χ1n) is 8.02. The van der Waals surface area contributed by atoms with E-state index in [0.717, 1.165) is 11.8 Å². The average Bonchev–Trinajstić information content (AvgIpc) is 3.09. The molecule has 0 unspecified atom stereocenters. The summed E-state index contributed by atoms with van der Waals surface area (Å²) in [4.78, 5) is 4.38. The molecule has 1 heterocycles. The molecule has 126 valence electrons. The van der Waals surface area contributed by atoms with Crippen LogP contribution in [0.3, 0.4) is 0 Å². The zero-order valence-electron chi connectivity index (χ0n) is 13.8. The van der Waals surface area contributed by atoms with E-state index in [1.807, 2.05) is 38.1 Å². The number of imidazole rings is 1. The van der Waals surface area contributed by atoms with E-state index in [4.69, 9.17) is 4.74 Å². The molecule has 0 aliphatic rings. The van der Waals surface area contributed by atoms with Crippen LogP contribution in [0.5, 0.6) is 5.75 Å². The van der Waals surface area contributed by atoms with Crippen LogP contribution in [-0.4, -0.2) is 24.0 Å². The predicted octanol–water partition coefficient (Wildman–Crippen LogP) is 3.62. The van der Waals surface area contributed by atoms with Crippen molar-refractivity contribution < 1.29 is 13.2 Å². The van der Waals surface area contributed by atoms with Crippen LogP contribution >= 0.6 is 0 Å². The van der Waals surface area contributed by atoms with Crippen LogP contribution in [-0.2, 0) is 16.4 Å². The molecule has 0 saturated heterocycles. The zero-order chi connectivity index (χ0) is 17.2. The topological polar surface area (TPSA) is 61.2 Å². The lowest BCUT2D eigenvalue weighted by molar-refractivity contribution is 0.321. The molecular weight excluding hydrogens is 324 g/mol. The van der Waals surface area contributed by atoms with Crippen molar-refractivity contribution in [3.05, 3.63) is 54.6 Å². The number of benzene rings is 2. The molecule has 3 aromatic rings. The van der Waals surface area contributed by atoms with E-state index < -0.39 is 10.0 Å². The van der Waals surface area contributed by atoms with Crippen molar-refractivity contribution >= 4 is 20.8 Å².